The van der Waals surface area contributed by atoms with E-state index in [1.54, 1.807) is 0 Å². The maximum absolute atomic E-state index is 5.13. The molecule has 0 fully saturated rings. The fourth-order valence-electron chi connectivity index (χ4n) is 10.4. The van der Waals surface area contributed by atoms with Gasteiger partial charge < -0.3 is 9.13 Å². The molecule has 0 aliphatic carbocycles. The minimum Gasteiger partial charge on any atom is -0.319 e. The van der Waals surface area contributed by atoms with Gasteiger partial charge in [0, 0.05) is 21.5 Å². The first-order valence-electron chi connectivity index (χ1n) is 25.1. The highest BCUT2D eigenvalue weighted by Crippen LogP contribution is 2.40. The fourth-order valence-corrected chi connectivity index (χ4v) is 10.4. The Morgan fingerprint density at radius 3 is 1.35 bits per heavy atom. The summed E-state index contributed by atoms with van der Waals surface area (Å²) < 4.78 is 5.22. The number of fused-ring (bicyclic) bond motifs is 8. The number of anilines is 4. The van der Waals surface area contributed by atoms with Crippen molar-refractivity contribution in [1.29, 1.82) is 0 Å². The van der Waals surface area contributed by atoms with Crippen molar-refractivity contribution in [3.05, 3.63) is 193 Å². The maximum Gasteiger partial charge on any atom is 0.115 e. The first-order chi connectivity index (χ1) is 35.7. The molecule has 12 rings (SSSR count). The minimum absolute atomic E-state index is 0.00971. The Hall–Kier alpha value is -8.90. The number of nitrogens with zero attached hydrogens (tertiary/aromatic N) is 10. The number of nitrogens with one attached hydrogen (secondary N) is 2. The summed E-state index contributed by atoms with van der Waals surface area (Å²) in [5, 5.41) is 41.7. The average Bonchev–Trinajstić information content (AvgIpc) is 4.24. The third kappa shape index (κ3) is 8.61. The monoisotopic (exact) mass is 942 g/mol. The van der Waals surface area contributed by atoms with E-state index in [2.05, 4.69) is 156 Å². The zero-order valence-electron chi connectivity index (χ0n) is 40.2. The second-order valence-electron chi connectivity index (χ2n) is 18.5. The van der Waals surface area contributed by atoms with E-state index in [9.17, 15) is 0 Å². The van der Waals surface area contributed by atoms with E-state index >= 15 is 0 Å². The van der Waals surface area contributed by atoms with Crippen LogP contribution in [0.1, 0.15) is 75.6 Å². The van der Waals surface area contributed by atoms with Crippen molar-refractivity contribution in [2.45, 2.75) is 64.5 Å². The third-order valence-electron chi connectivity index (χ3n) is 13.9. The molecule has 354 valence electrons. The molecule has 12 heteroatoms. The number of benzene rings is 8. The van der Waals surface area contributed by atoms with Crippen LogP contribution >= 0.6 is 0 Å². The van der Waals surface area contributed by atoms with E-state index in [-0.39, 0.29) is 6.17 Å². The van der Waals surface area contributed by atoms with Crippen LogP contribution in [-0.2, 0) is 0 Å². The number of para-hydroxylation sites is 4. The number of unbranched alkanes of at least 4 members (excludes halogenated alkanes) is 6. The van der Waals surface area contributed by atoms with E-state index in [1.807, 2.05) is 95.2 Å². The van der Waals surface area contributed by atoms with E-state index in [4.69, 9.17) is 10.2 Å². The Morgan fingerprint density at radius 1 is 0.417 bits per heavy atom. The van der Waals surface area contributed by atoms with Crippen LogP contribution in [0.4, 0.5) is 22.7 Å². The van der Waals surface area contributed by atoms with Crippen molar-refractivity contribution >= 4 is 101 Å². The molecule has 0 saturated heterocycles. The van der Waals surface area contributed by atoms with Crippen LogP contribution in [-0.4, -0.2) is 52.4 Å². The molecule has 12 nitrogen and oxygen atoms in total. The predicted molar refractivity (Wildman–Crippen MR) is 296 cm³/mol. The summed E-state index contributed by atoms with van der Waals surface area (Å²) >= 11 is 0. The summed E-state index contributed by atoms with van der Waals surface area (Å²) in [7, 11) is 0. The molecule has 0 aliphatic heterocycles. The molecular weight excluding hydrogens is 889 g/mol. The lowest BCUT2D eigenvalue weighted by Crippen LogP contribution is -2.18. The number of H-pyrrole nitrogens is 2. The van der Waals surface area contributed by atoms with Gasteiger partial charge in [-0.25, -0.2) is 10.0 Å². The normalized spacial score (nSPS) is 12.1. The van der Waals surface area contributed by atoms with Crippen molar-refractivity contribution in [2.75, 3.05) is 10.0 Å². The Labute approximate surface area is 416 Å². The van der Waals surface area contributed by atoms with Crippen molar-refractivity contribution in [1.82, 2.24) is 40.0 Å². The van der Waals surface area contributed by atoms with Gasteiger partial charge in [-0.2, -0.15) is 41.0 Å². The van der Waals surface area contributed by atoms with Crippen molar-refractivity contribution in [3.8, 4) is 0 Å². The molecule has 0 saturated carbocycles. The summed E-state index contributed by atoms with van der Waals surface area (Å²) in [4.78, 5) is 0. The first-order valence-corrected chi connectivity index (χ1v) is 25.1. The molecule has 0 unspecified atom stereocenters. The molecule has 12 aromatic rings. The summed E-state index contributed by atoms with van der Waals surface area (Å²) in [6, 6.07) is 63.8. The zero-order chi connectivity index (χ0) is 48.2. The van der Waals surface area contributed by atoms with Crippen LogP contribution in [0.2, 0.25) is 0 Å². The molecule has 0 bridgehead atoms. The predicted octanol–water partition coefficient (Wildman–Crippen LogP) is 15.0. The fraction of sp³-hybridized carbons (Fsp3) is 0.167. The van der Waals surface area contributed by atoms with Gasteiger partial charge in [-0.1, -0.05) is 130 Å². The van der Waals surface area contributed by atoms with Crippen LogP contribution in [0.15, 0.2) is 192 Å². The second-order valence-corrected chi connectivity index (χ2v) is 18.5. The van der Waals surface area contributed by atoms with Gasteiger partial charge in [-0.3, -0.25) is 0 Å². The third-order valence-corrected chi connectivity index (χ3v) is 13.9. The average molecular weight is 943 g/mol. The minimum atomic E-state index is -0.00971. The van der Waals surface area contributed by atoms with Crippen LogP contribution in [0.3, 0.4) is 0 Å². The molecule has 0 amide bonds. The van der Waals surface area contributed by atoms with E-state index in [0.29, 0.717) is 0 Å². The zero-order valence-corrected chi connectivity index (χ0v) is 40.2. The van der Waals surface area contributed by atoms with Crippen molar-refractivity contribution < 1.29 is 0 Å². The lowest BCUT2D eigenvalue weighted by molar-refractivity contribution is 0.418. The van der Waals surface area contributed by atoms with Crippen LogP contribution in [0.5, 0.6) is 0 Å². The number of aromatic amines is 2. The molecule has 72 heavy (non-hydrogen) atoms. The van der Waals surface area contributed by atoms with Gasteiger partial charge in [0.2, 0.25) is 0 Å². The SMILES string of the molecule is CCCCCCCCCC(n1c2ccccc2c2cc(/C=N/N(c3ccccc3)c3ccc4n[nH]nc4c3)ccc21)n1c2ccccc2c2cc(/C=N/N(c3ccccc3)c3ccc4n[nH]nc4c3)ccc21. The number of hydrazone groups is 2. The van der Waals surface area contributed by atoms with Gasteiger partial charge in [-0.15, -0.1) is 0 Å². The lowest BCUT2D eigenvalue weighted by Gasteiger charge is -2.26. The summed E-state index contributed by atoms with van der Waals surface area (Å²) in [5.74, 6) is 0. The van der Waals surface area contributed by atoms with Gasteiger partial charge in [0.1, 0.15) is 28.2 Å². The molecule has 0 spiro atoms. The quantitative estimate of drug-likeness (QED) is 0.0501. The summed E-state index contributed by atoms with van der Waals surface area (Å²) in [5.41, 5.74) is 13.7. The first kappa shape index (κ1) is 44.3. The lowest BCUT2D eigenvalue weighted by atomic mass is 10.1. The molecule has 2 N–H and O–H groups in total. The molecule has 4 aromatic heterocycles. The number of aromatic nitrogens is 8. The van der Waals surface area contributed by atoms with Crippen LogP contribution < -0.4 is 10.0 Å². The number of rotatable bonds is 18. The Bertz CT molecular complexity index is 3640. The Kier molecular flexibility index (Phi) is 12.2. The molecule has 0 aliphatic rings. The van der Waals surface area contributed by atoms with Gasteiger partial charge in [0.15, 0.2) is 0 Å². The highest BCUT2D eigenvalue weighted by atomic mass is 15.5. The number of hydrogen-bond donors (Lipinski definition) is 2. The van der Waals surface area contributed by atoms with E-state index < -0.39 is 0 Å². The summed E-state index contributed by atoms with van der Waals surface area (Å²) in [6.45, 7) is 2.29. The van der Waals surface area contributed by atoms with Gasteiger partial charge in [-0.05, 0) is 121 Å². The standard InChI is InChI=1S/C60H54N12/c1-2-3-4-5-6-7-14-27-60(69-56-25-17-15-23-48(56)50-36-42(28-34-58(50)69)40-61-71(44-19-10-8-11-20-44)46-30-32-52-54(38-46)65-67-63-52)70-57-26-18-16-24-49(57)51-37-43(29-35-59(51)70)41-62-72(45-21-12-9-13-22-45)47-31-33-53-55(39-47)66-68-64-53/h8-13,15-26,28-41,60H,2-7,14,27H2,1H3,(H,63,65,67)(H,64,66,68)/b61-40+,62-41+. The molecule has 4 heterocycles. The van der Waals surface area contributed by atoms with Gasteiger partial charge in [0.05, 0.1) is 57.2 Å². The van der Waals surface area contributed by atoms with Crippen molar-refractivity contribution in [3.63, 3.8) is 0 Å². The smallest absolute Gasteiger partial charge is 0.115 e. The molecule has 8 aromatic carbocycles. The van der Waals surface area contributed by atoms with Crippen LogP contribution in [0.25, 0.3) is 65.7 Å². The van der Waals surface area contributed by atoms with Gasteiger partial charge >= 0.3 is 0 Å². The topological polar surface area (TPSA) is 124 Å². The van der Waals surface area contributed by atoms with E-state index in [1.165, 1.54) is 82.1 Å². The summed E-state index contributed by atoms with van der Waals surface area (Å²) in [6.07, 6.45) is 13.6. The molecule has 0 atom stereocenters. The van der Waals surface area contributed by atoms with Crippen LogP contribution in [0, 0.1) is 0 Å². The second kappa shape index (κ2) is 19.8. The Morgan fingerprint density at radius 2 is 0.847 bits per heavy atom. The number of hydrogen-bond acceptors (Lipinski definition) is 8. The molecule has 0 radical (unpaired) electrons. The highest BCUT2D eigenvalue weighted by molar-refractivity contribution is 6.11. The van der Waals surface area contributed by atoms with Gasteiger partial charge in [0.25, 0.3) is 0 Å². The largest absolute Gasteiger partial charge is 0.319 e. The highest BCUT2D eigenvalue weighted by Gasteiger charge is 2.24. The van der Waals surface area contributed by atoms with E-state index in [0.717, 1.165) is 68.8 Å². The maximum atomic E-state index is 5.13. The Balaban J connectivity index is 0.951. The molecular formula is C60H54N12. The van der Waals surface area contributed by atoms with Crippen molar-refractivity contribution in [2.24, 2.45) is 10.2 Å².